The minimum Gasteiger partial charge on any atom is -0.382 e. The Balaban J connectivity index is 1.72. The highest BCUT2D eigenvalue weighted by molar-refractivity contribution is 7.11. The second-order valence-electron chi connectivity index (χ2n) is 4.71. The van der Waals surface area contributed by atoms with Gasteiger partial charge >= 0.3 is 0 Å². The molecule has 0 atom stereocenters. The molecule has 0 aliphatic rings. The average molecular weight is 300 g/mol. The third-order valence-electron chi connectivity index (χ3n) is 3.15. The van der Waals surface area contributed by atoms with E-state index in [0.29, 0.717) is 5.82 Å². The van der Waals surface area contributed by atoms with E-state index in [4.69, 9.17) is 5.73 Å². The molecule has 0 unspecified atom stereocenters. The van der Waals surface area contributed by atoms with E-state index in [9.17, 15) is 0 Å². The van der Waals surface area contributed by atoms with Crippen molar-refractivity contribution in [1.29, 1.82) is 0 Å². The Morgan fingerprint density at radius 3 is 2.86 bits per heavy atom. The van der Waals surface area contributed by atoms with E-state index in [1.807, 2.05) is 36.3 Å². The summed E-state index contributed by atoms with van der Waals surface area (Å²) in [6.45, 7) is 0.811. The number of hydrogen-bond donors (Lipinski definition) is 2. The van der Waals surface area contributed by atoms with Gasteiger partial charge in [-0.2, -0.15) is 9.47 Å². The standard InChI is InChI=1S/C14H16N6S/c1-20-9-10(8-18-20)2-7-17-14-12(13(15)19-21-14)11-3-5-16-6-4-11/h3-6,8-9,17H,2,7H2,1H3,(H2,15,19). The van der Waals surface area contributed by atoms with Gasteiger partial charge in [0.15, 0.2) is 0 Å². The third-order valence-corrected chi connectivity index (χ3v) is 3.96. The van der Waals surface area contributed by atoms with Gasteiger partial charge in [0, 0.05) is 32.2 Å². The van der Waals surface area contributed by atoms with Crippen LogP contribution in [0, 0.1) is 0 Å². The first-order valence-corrected chi connectivity index (χ1v) is 7.38. The van der Waals surface area contributed by atoms with Crippen LogP contribution in [0.25, 0.3) is 11.1 Å². The van der Waals surface area contributed by atoms with Crippen LogP contribution in [0.5, 0.6) is 0 Å². The molecule has 0 spiro atoms. The fourth-order valence-electron chi connectivity index (χ4n) is 2.14. The van der Waals surface area contributed by atoms with Crippen molar-refractivity contribution in [3.8, 4) is 11.1 Å². The number of pyridine rings is 1. The number of nitrogens with two attached hydrogens (primary N) is 1. The Bertz CT molecular complexity index is 718. The van der Waals surface area contributed by atoms with Crippen molar-refractivity contribution >= 4 is 22.4 Å². The molecule has 0 aliphatic heterocycles. The molecule has 0 fully saturated rings. The number of anilines is 2. The molecule has 0 saturated heterocycles. The van der Waals surface area contributed by atoms with Gasteiger partial charge in [-0.1, -0.05) is 0 Å². The van der Waals surface area contributed by atoms with Crippen LogP contribution in [0.3, 0.4) is 0 Å². The minimum atomic E-state index is 0.551. The van der Waals surface area contributed by atoms with Crippen molar-refractivity contribution in [1.82, 2.24) is 19.1 Å². The summed E-state index contributed by atoms with van der Waals surface area (Å²) in [5.74, 6) is 0.551. The molecule has 0 saturated carbocycles. The molecule has 0 aromatic carbocycles. The van der Waals surface area contributed by atoms with Gasteiger partial charge in [0.05, 0.1) is 11.8 Å². The average Bonchev–Trinajstić information content (AvgIpc) is 3.06. The number of aryl methyl sites for hydroxylation is 1. The van der Waals surface area contributed by atoms with Gasteiger partial charge < -0.3 is 11.1 Å². The van der Waals surface area contributed by atoms with E-state index < -0.39 is 0 Å². The largest absolute Gasteiger partial charge is 0.382 e. The van der Waals surface area contributed by atoms with Gasteiger partial charge in [-0.05, 0) is 41.2 Å². The van der Waals surface area contributed by atoms with Crippen molar-refractivity contribution in [2.75, 3.05) is 17.6 Å². The van der Waals surface area contributed by atoms with Gasteiger partial charge in [0.25, 0.3) is 0 Å². The van der Waals surface area contributed by atoms with Crippen LogP contribution in [-0.2, 0) is 13.5 Å². The lowest BCUT2D eigenvalue weighted by Crippen LogP contribution is -2.04. The molecule has 6 nitrogen and oxygen atoms in total. The predicted octanol–water partition coefficient (Wildman–Crippen LogP) is 2.18. The SMILES string of the molecule is Cn1cc(CCNc2snc(N)c2-c2ccncc2)cn1. The second-order valence-corrected chi connectivity index (χ2v) is 5.48. The van der Waals surface area contributed by atoms with E-state index in [1.54, 1.807) is 12.4 Å². The fourth-order valence-corrected chi connectivity index (χ4v) is 2.90. The summed E-state index contributed by atoms with van der Waals surface area (Å²) in [6.07, 6.45) is 8.32. The summed E-state index contributed by atoms with van der Waals surface area (Å²) in [5.41, 5.74) is 9.17. The number of aromatic nitrogens is 4. The lowest BCUT2D eigenvalue weighted by molar-refractivity contribution is 0.767. The molecular weight excluding hydrogens is 284 g/mol. The maximum atomic E-state index is 5.99. The van der Waals surface area contributed by atoms with E-state index in [0.717, 1.165) is 29.1 Å². The van der Waals surface area contributed by atoms with E-state index >= 15 is 0 Å². The number of hydrogen-bond acceptors (Lipinski definition) is 6. The molecule has 0 bridgehead atoms. The zero-order valence-corrected chi connectivity index (χ0v) is 12.5. The first-order chi connectivity index (χ1) is 10.2. The van der Waals surface area contributed by atoms with Crippen molar-refractivity contribution in [2.24, 2.45) is 7.05 Å². The van der Waals surface area contributed by atoms with Gasteiger partial charge in [0.2, 0.25) is 0 Å². The molecular formula is C14H16N6S. The minimum absolute atomic E-state index is 0.551. The Hall–Kier alpha value is -2.41. The van der Waals surface area contributed by atoms with Crippen LogP contribution >= 0.6 is 11.5 Å². The summed E-state index contributed by atoms with van der Waals surface area (Å²) in [4.78, 5) is 4.03. The molecule has 3 heterocycles. The monoisotopic (exact) mass is 300 g/mol. The molecule has 3 N–H and O–H groups in total. The van der Waals surface area contributed by atoms with Crippen molar-refractivity contribution in [3.05, 3.63) is 42.5 Å². The van der Waals surface area contributed by atoms with Crippen LogP contribution in [0.1, 0.15) is 5.56 Å². The van der Waals surface area contributed by atoms with Crippen molar-refractivity contribution in [3.63, 3.8) is 0 Å². The predicted molar refractivity (Wildman–Crippen MR) is 85.2 cm³/mol. The first kappa shape index (κ1) is 13.6. The molecule has 0 radical (unpaired) electrons. The van der Waals surface area contributed by atoms with Gasteiger partial charge in [-0.25, -0.2) is 0 Å². The quantitative estimate of drug-likeness (QED) is 0.754. The topological polar surface area (TPSA) is 81.7 Å². The molecule has 3 aromatic rings. The van der Waals surface area contributed by atoms with Crippen molar-refractivity contribution in [2.45, 2.75) is 6.42 Å². The third kappa shape index (κ3) is 3.03. The molecule has 7 heteroatoms. The lowest BCUT2D eigenvalue weighted by atomic mass is 10.1. The summed E-state index contributed by atoms with van der Waals surface area (Å²) in [7, 11) is 1.92. The normalized spacial score (nSPS) is 10.7. The Kier molecular flexibility index (Phi) is 3.83. The number of nitrogen functional groups attached to an aromatic ring is 1. The van der Waals surface area contributed by atoms with Gasteiger partial charge in [-0.15, -0.1) is 0 Å². The van der Waals surface area contributed by atoms with Gasteiger partial charge in [-0.3, -0.25) is 9.67 Å². The van der Waals surface area contributed by atoms with Crippen LogP contribution in [0.2, 0.25) is 0 Å². The zero-order chi connectivity index (χ0) is 14.7. The highest BCUT2D eigenvalue weighted by Gasteiger charge is 2.13. The Morgan fingerprint density at radius 1 is 1.33 bits per heavy atom. The molecule has 21 heavy (non-hydrogen) atoms. The second kappa shape index (κ2) is 5.92. The summed E-state index contributed by atoms with van der Waals surface area (Å²) < 4.78 is 6.05. The molecule has 0 amide bonds. The van der Waals surface area contributed by atoms with E-state index in [-0.39, 0.29) is 0 Å². The van der Waals surface area contributed by atoms with Crippen LogP contribution in [0.15, 0.2) is 36.9 Å². The maximum Gasteiger partial charge on any atom is 0.147 e. The highest BCUT2D eigenvalue weighted by atomic mass is 32.1. The first-order valence-electron chi connectivity index (χ1n) is 6.61. The molecule has 3 rings (SSSR count). The fraction of sp³-hybridized carbons (Fsp3) is 0.214. The number of nitrogens with one attached hydrogen (secondary N) is 1. The molecule has 3 aromatic heterocycles. The smallest absolute Gasteiger partial charge is 0.147 e. The summed E-state index contributed by atoms with van der Waals surface area (Å²) in [6, 6.07) is 3.87. The number of rotatable bonds is 5. The zero-order valence-electron chi connectivity index (χ0n) is 11.7. The lowest BCUT2D eigenvalue weighted by Gasteiger charge is -2.06. The Labute approximate surface area is 126 Å². The van der Waals surface area contributed by atoms with Crippen LogP contribution < -0.4 is 11.1 Å². The summed E-state index contributed by atoms with van der Waals surface area (Å²) >= 11 is 1.38. The molecule has 108 valence electrons. The number of nitrogens with zero attached hydrogens (tertiary/aromatic N) is 4. The van der Waals surface area contributed by atoms with Crippen molar-refractivity contribution < 1.29 is 0 Å². The van der Waals surface area contributed by atoms with E-state index in [2.05, 4.69) is 19.8 Å². The summed E-state index contributed by atoms with van der Waals surface area (Å²) in [5, 5.41) is 8.56. The maximum absolute atomic E-state index is 5.99. The van der Waals surface area contributed by atoms with Crippen LogP contribution in [0.4, 0.5) is 10.8 Å². The van der Waals surface area contributed by atoms with Gasteiger partial charge in [0.1, 0.15) is 10.8 Å². The highest BCUT2D eigenvalue weighted by Crippen LogP contribution is 2.36. The Morgan fingerprint density at radius 2 is 2.14 bits per heavy atom. The van der Waals surface area contributed by atoms with Crippen LogP contribution in [-0.4, -0.2) is 25.7 Å². The molecule has 0 aliphatic carbocycles. The van der Waals surface area contributed by atoms with E-state index in [1.165, 1.54) is 17.1 Å².